The molecule has 11 heteroatoms. The van der Waals surface area contributed by atoms with Gasteiger partial charge < -0.3 is 14.6 Å². The molecule has 0 aromatic carbocycles. The molecule has 0 saturated carbocycles. The Morgan fingerprint density at radius 2 is 1.52 bits per heavy atom. The van der Waals surface area contributed by atoms with Gasteiger partial charge in [-0.25, -0.2) is 9.36 Å². The predicted molar refractivity (Wildman–Crippen MR) is 75.3 cm³/mol. The predicted octanol–water partition coefficient (Wildman–Crippen LogP) is -0.760. The quantitative estimate of drug-likeness (QED) is 0.507. The smallest absolute Gasteiger partial charge is 0.335 e. The molecule has 0 aliphatic carbocycles. The highest BCUT2D eigenvalue weighted by Gasteiger charge is 2.23. The Hall–Kier alpha value is -2.98. The number of carbonyl (C=O) groups is 2. The van der Waals surface area contributed by atoms with Gasteiger partial charge in [0.05, 0.1) is 13.2 Å². The molecule has 0 amide bonds. The van der Waals surface area contributed by atoms with E-state index < -0.39 is 47.8 Å². The van der Waals surface area contributed by atoms with Crippen LogP contribution < -0.4 is 11.2 Å². The highest BCUT2D eigenvalue weighted by Crippen LogP contribution is 2.19. The number of carbonyl (C=O) groups excluding carboxylic acids is 2. The second-order valence-electron chi connectivity index (χ2n) is 4.13. The van der Waals surface area contributed by atoms with E-state index in [2.05, 4.69) is 14.7 Å². The Kier molecular flexibility index (Phi) is 6.18. The first-order valence-corrected chi connectivity index (χ1v) is 6.58. The number of hydrogen-bond acceptors (Lipinski definition) is 9. The van der Waals surface area contributed by atoms with E-state index >= 15 is 0 Å². The molecule has 0 radical (unpaired) electrons. The van der Waals surface area contributed by atoms with Crippen LogP contribution in [-0.4, -0.2) is 39.4 Å². The van der Waals surface area contributed by atoms with E-state index in [1.807, 2.05) is 0 Å². The van der Waals surface area contributed by atoms with E-state index in [4.69, 9.17) is 0 Å². The molecule has 0 unspecified atom stereocenters. The zero-order valence-corrected chi connectivity index (χ0v) is 12.5. The molecule has 0 atom stereocenters. The maximum absolute atomic E-state index is 12.2. The van der Waals surface area contributed by atoms with Crippen molar-refractivity contribution in [3.05, 3.63) is 25.7 Å². The van der Waals surface area contributed by atoms with Crippen molar-refractivity contribution in [1.82, 2.24) is 9.13 Å². The minimum absolute atomic E-state index is 0.0153. The van der Waals surface area contributed by atoms with Crippen molar-refractivity contribution in [2.24, 2.45) is 5.18 Å². The lowest BCUT2D eigenvalue weighted by molar-refractivity contribution is -0.144. The summed E-state index contributed by atoms with van der Waals surface area (Å²) in [5.74, 6) is -2.87. The third-order valence-electron chi connectivity index (χ3n) is 2.65. The maximum Gasteiger partial charge on any atom is 0.335 e. The molecule has 1 heterocycles. The summed E-state index contributed by atoms with van der Waals surface area (Å²) in [6.45, 7) is 1.54. The molecule has 23 heavy (non-hydrogen) atoms. The Morgan fingerprint density at radius 3 is 1.96 bits per heavy atom. The fraction of sp³-hybridized carbons (Fsp3) is 0.500. The standard InChI is InChI=1S/C12H15N3O8/c1-3-22-7(16)5-14-10(18)9(13-21)11(19)15(12(14)20)6-8(17)23-4-2/h18H,3-6H2,1-2H3. The summed E-state index contributed by atoms with van der Waals surface area (Å²) < 4.78 is 9.98. The number of nitroso groups, excluding NO2 is 1. The van der Waals surface area contributed by atoms with Gasteiger partial charge in [-0.2, -0.15) is 0 Å². The summed E-state index contributed by atoms with van der Waals surface area (Å²) in [5, 5.41) is 12.1. The molecule has 0 saturated heterocycles. The first-order valence-electron chi connectivity index (χ1n) is 6.58. The van der Waals surface area contributed by atoms with Crippen LogP contribution in [0.25, 0.3) is 0 Å². The molecule has 0 bridgehead atoms. The number of rotatable bonds is 7. The molecule has 11 nitrogen and oxygen atoms in total. The van der Waals surface area contributed by atoms with Crippen molar-refractivity contribution in [2.75, 3.05) is 13.2 Å². The summed E-state index contributed by atoms with van der Waals surface area (Å²) in [5.41, 5.74) is -3.45. The minimum atomic E-state index is -1.27. The third-order valence-corrected chi connectivity index (χ3v) is 2.65. The number of aromatic hydroxyl groups is 1. The molecule has 1 aromatic rings. The van der Waals surface area contributed by atoms with Crippen LogP contribution in [0.15, 0.2) is 14.8 Å². The molecule has 1 aromatic heterocycles. The van der Waals surface area contributed by atoms with Gasteiger partial charge in [0.1, 0.15) is 13.1 Å². The topological polar surface area (TPSA) is 146 Å². The van der Waals surface area contributed by atoms with Crippen LogP contribution in [0.5, 0.6) is 5.88 Å². The average Bonchev–Trinajstić information content (AvgIpc) is 2.49. The van der Waals surface area contributed by atoms with Gasteiger partial charge in [0.15, 0.2) is 0 Å². The lowest BCUT2D eigenvalue weighted by atomic mass is 10.4. The van der Waals surface area contributed by atoms with Crippen LogP contribution >= 0.6 is 0 Å². The fourth-order valence-corrected chi connectivity index (χ4v) is 1.71. The Bertz CT molecular complexity index is 733. The van der Waals surface area contributed by atoms with E-state index in [1.54, 1.807) is 0 Å². The Labute approximate surface area is 129 Å². The Balaban J connectivity index is 3.44. The van der Waals surface area contributed by atoms with E-state index in [9.17, 15) is 29.2 Å². The molecule has 126 valence electrons. The lowest BCUT2D eigenvalue weighted by Gasteiger charge is -2.12. The van der Waals surface area contributed by atoms with Gasteiger partial charge in [0, 0.05) is 0 Å². The normalized spacial score (nSPS) is 10.2. The SMILES string of the molecule is CCOC(=O)Cn1c(O)c(N=O)c(=O)n(CC(=O)OCC)c1=O. The fourth-order valence-electron chi connectivity index (χ4n) is 1.71. The maximum atomic E-state index is 12.2. The van der Waals surface area contributed by atoms with Crippen molar-refractivity contribution in [1.29, 1.82) is 0 Å². The van der Waals surface area contributed by atoms with Crippen molar-refractivity contribution in [3.63, 3.8) is 0 Å². The first kappa shape index (κ1) is 18.1. The number of esters is 2. The molecule has 0 aliphatic heterocycles. The summed E-state index contributed by atoms with van der Waals surface area (Å²) in [7, 11) is 0. The van der Waals surface area contributed by atoms with Crippen molar-refractivity contribution in [2.45, 2.75) is 26.9 Å². The van der Waals surface area contributed by atoms with Gasteiger partial charge in [0.25, 0.3) is 5.56 Å². The largest absolute Gasteiger partial charge is 0.493 e. The van der Waals surface area contributed by atoms with Crippen LogP contribution in [0.4, 0.5) is 5.69 Å². The van der Waals surface area contributed by atoms with Crippen LogP contribution in [0, 0.1) is 4.91 Å². The molecular formula is C12H15N3O8. The van der Waals surface area contributed by atoms with E-state index in [0.29, 0.717) is 9.13 Å². The van der Waals surface area contributed by atoms with Crippen LogP contribution in [0.2, 0.25) is 0 Å². The average molecular weight is 329 g/mol. The van der Waals surface area contributed by atoms with Gasteiger partial charge in [-0.1, -0.05) is 0 Å². The van der Waals surface area contributed by atoms with Gasteiger partial charge in [-0.05, 0) is 19.0 Å². The van der Waals surface area contributed by atoms with Gasteiger partial charge in [0.2, 0.25) is 11.6 Å². The zero-order chi connectivity index (χ0) is 17.6. The van der Waals surface area contributed by atoms with Crippen molar-refractivity contribution in [3.8, 4) is 5.88 Å². The molecule has 1 rings (SSSR count). The van der Waals surface area contributed by atoms with Crippen LogP contribution in [-0.2, 0) is 32.2 Å². The lowest BCUT2D eigenvalue weighted by Crippen LogP contribution is -2.42. The van der Waals surface area contributed by atoms with Gasteiger partial charge in [-0.15, -0.1) is 4.91 Å². The van der Waals surface area contributed by atoms with Gasteiger partial charge in [-0.3, -0.25) is 19.0 Å². The molecule has 1 N–H and O–H groups in total. The van der Waals surface area contributed by atoms with Crippen LogP contribution in [0.1, 0.15) is 13.8 Å². The highest BCUT2D eigenvalue weighted by molar-refractivity contribution is 5.70. The molecule has 0 aliphatic rings. The van der Waals surface area contributed by atoms with Crippen LogP contribution in [0.3, 0.4) is 0 Å². The number of aromatic nitrogens is 2. The monoisotopic (exact) mass is 329 g/mol. The number of nitrogens with zero attached hydrogens (tertiary/aromatic N) is 3. The summed E-state index contributed by atoms with van der Waals surface area (Å²) in [6, 6.07) is 0. The zero-order valence-electron chi connectivity index (χ0n) is 12.5. The number of ether oxygens (including phenoxy) is 2. The molecule has 0 fully saturated rings. The summed E-state index contributed by atoms with van der Waals surface area (Å²) >= 11 is 0. The number of hydrogen-bond donors (Lipinski definition) is 1. The third kappa shape index (κ3) is 4.02. The molecular weight excluding hydrogens is 314 g/mol. The van der Waals surface area contributed by atoms with E-state index in [-0.39, 0.29) is 13.2 Å². The second kappa shape index (κ2) is 7.87. The molecule has 0 spiro atoms. The minimum Gasteiger partial charge on any atom is -0.493 e. The van der Waals surface area contributed by atoms with Crippen molar-refractivity contribution < 1.29 is 24.2 Å². The summed E-state index contributed by atoms with van der Waals surface area (Å²) in [4.78, 5) is 57.7. The first-order chi connectivity index (χ1) is 10.9. The van der Waals surface area contributed by atoms with Crippen molar-refractivity contribution >= 4 is 17.6 Å². The Morgan fingerprint density at radius 1 is 1.04 bits per heavy atom. The second-order valence-corrected chi connectivity index (χ2v) is 4.13. The van der Waals surface area contributed by atoms with E-state index in [0.717, 1.165) is 0 Å². The van der Waals surface area contributed by atoms with E-state index in [1.165, 1.54) is 13.8 Å². The summed E-state index contributed by atoms with van der Waals surface area (Å²) in [6.07, 6.45) is 0. The highest BCUT2D eigenvalue weighted by atomic mass is 16.5. The van der Waals surface area contributed by atoms with Gasteiger partial charge >= 0.3 is 17.6 Å².